The van der Waals surface area contributed by atoms with Crippen LogP contribution in [-0.4, -0.2) is 48.9 Å². The van der Waals surface area contributed by atoms with Gasteiger partial charge in [-0.2, -0.15) is 5.10 Å². The monoisotopic (exact) mass is 877 g/mol. The van der Waals surface area contributed by atoms with Crippen LogP contribution >= 0.6 is 11.3 Å². The number of fused-ring (bicyclic) bond motifs is 1. The number of rotatable bonds is 24. The first-order valence-corrected chi connectivity index (χ1v) is 24.4. The lowest BCUT2D eigenvalue weighted by Gasteiger charge is -2.29. The zero-order valence-corrected chi connectivity index (χ0v) is 38.3. The fourth-order valence-electron chi connectivity index (χ4n) is 8.74. The Morgan fingerprint density at radius 2 is 1.44 bits per heavy atom. The summed E-state index contributed by atoms with van der Waals surface area (Å²) in [5, 5.41) is 7.92. The molecule has 1 heterocycles. The van der Waals surface area contributed by atoms with Gasteiger partial charge in [-0.3, -0.25) is 9.59 Å². The van der Waals surface area contributed by atoms with Gasteiger partial charge in [-0.15, -0.1) is 0 Å². The maximum atomic E-state index is 13.8. The third kappa shape index (κ3) is 14.8. The molecule has 2 aliphatic carbocycles. The average molecular weight is 878 g/mol. The Bertz CT molecular complexity index is 2050. The van der Waals surface area contributed by atoms with Gasteiger partial charge in [-0.1, -0.05) is 82.1 Å². The van der Waals surface area contributed by atoms with Crippen molar-refractivity contribution in [1.29, 1.82) is 0 Å². The first-order chi connectivity index (χ1) is 30.8. The van der Waals surface area contributed by atoms with Gasteiger partial charge in [-0.25, -0.2) is 14.8 Å². The summed E-state index contributed by atoms with van der Waals surface area (Å²) >= 11 is 1.64. The molecule has 0 spiro atoms. The van der Waals surface area contributed by atoms with Gasteiger partial charge < -0.3 is 18.9 Å². The number of carbonyl (C=O) groups is 3. The van der Waals surface area contributed by atoms with Crippen LogP contribution in [0.2, 0.25) is 0 Å². The molecule has 2 aliphatic rings. The minimum atomic E-state index is -0.391. The van der Waals surface area contributed by atoms with Gasteiger partial charge in [0.2, 0.25) is 5.13 Å². The van der Waals surface area contributed by atoms with Crippen molar-refractivity contribution in [2.75, 3.05) is 24.8 Å². The van der Waals surface area contributed by atoms with Crippen LogP contribution in [0.25, 0.3) is 10.2 Å². The summed E-state index contributed by atoms with van der Waals surface area (Å²) in [5.74, 6) is 1.45. The summed E-state index contributed by atoms with van der Waals surface area (Å²) in [6.45, 7) is 9.61. The van der Waals surface area contributed by atoms with E-state index in [0.717, 1.165) is 78.3 Å². The van der Waals surface area contributed by atoms with Crippen molar-refractivity contribution in [3.63, 3.8) is 0 Å². The number of benzene rings is 3. The predicted molar refractivity (Wildman–Crippen MR) is 253 cm³/mol. The molecule has 0 unspecified atom stereocenters. The summed E-state index contributed by atoms with van der Waals surface area (Å²) in [6.07, 6.45) is 20.7. The molecule has 0 atom stereocenters. The van der Waals surface area contributed by atoms with E-state index in [4.69, 9.17) is 29.0 Å². The number of anilines is 1. The van der Waals surface area contributed by atoms with E-state index in [-0.39, 0.29) is 23.8 Å². The van der Waals surface area contributed by atoms with E-state index in [2.05, 4.69) is 38.6 Å². The summed E-state index contributed by atoms with van der Waals surface area (Å²) in [5.41, 5.74) is 3.04. The minimum absolute atomic E-state index is 0.267. The van der Waals surface area contributed by atoms with Crippen LogP contribution < -0.4 is 19.2 Å². The number of esters is 3. The predicted octanol–water partition coefficient (Wildman–Crippen LogP) is 12.8. The highest BCUT2D eigenvalue weighted by molar-refractivity contribution is 7.22. The largest absolute Gasteiger partial charge is 0.494 e. The lowest BCUT2D eigenvalue weighted by atomic mass is 9.77. The minimum Gasteiger partial charge on any atom is -0.494 e. The van der Waals surface area contributed by atoms with E-state index < -0.39 is 5.97 Å². The lowest BCUT2D eigenvalue weighted by Crippen LogP contribution is -2.30. The van der Waals surface area contributed by atoms with Crippen molar-refractivity contribution < 1.29 is 33.3 Å². The molecule has 10 nitrogen and oxygen atoms in total. The number of nitrogens with zero attached hydrogens (tertiary/aromatic N) is 3. The molecule has 0 radical (unpaired) electrons. The fourth-order valence-corrected chi connectivity index (χ4v) is 9.69. The number of hydrazone groups is 1. The molecule has 0 aliphatic heterocycles. The quantitative estimate of drug-likeness (QED) is 0.0169. The van der Waals surface area contributed by atoms with Gasteiger partial charge in [0.25, 0.3) is 0 Å². The van der Waals surface area contributed by atoms with Crippen molar-refractivity contribution >= 4 is 50.8 Å². The Morgan fingerprint density at radius 3 is 2.14 bits per heavy atom. The Kier molecular flexibility index (Phi) is 19.1. The van der Waals surface area contributed by atoms with Crippen molar-refractivity contribution in [2.45, 2.75) is 135 Å². The summed E-state index contributed by atoms with van der Waals surface area (Å²) in [7, 11) is 0. The number of unbranched alkanes of at least 4 members (excludes halogenated alkanes) is 6. The standard InChI is InChI=1S/C52H67N3O7S/c1-4-7-8-13-33-55(52-54-46-17-11-12-18-48(46)63-52)53-37-43-36-42(39-21-19-38(16-5-2)20-22-39)27-32-47(43)62-51(58)41-25-23-40(24-26-41)50(57)61-45-30-28-44(29-31-45)59-34-14-9-10-15-35-60-49(56)6-3/h6,11-12,17-18,27-32,36-41H,3-5,7-10,13-16,19-26,33-35H2,1-2H3/b53-37+. The maximum absolute atomic E-state index is 13.8. The van der Waals surface area contributed by atoms with Crippen LogP contribution in [0.3, 0.4) is 0 Å². The smallest absolute Gasteiger partial charge is 0.330 e. The van der Waals surface area contributed by atoms with Gasteiger partial charge in [-0.05, 0) is 149 Å². The molecule has 2 saturated carbocycles. The van der Waals surface area contributed by atoms with Gasteiger partial charge in [0.05, 0.1) is 41.5 Å². The Hall–Kier alpha value is -5.03. The van der Waals surface area contributed by atoms with Crippen LogP contribution in [-0.2, 0) is 19.1 Å². The summed E-state index contributed by atoms with van der Waals surface area (Å²) in [6, 6.07) is 21.6. The van der Waals surface area contributed by atoms with Crippen molar-refractivity contribution in [3.8, 4) is 17.2 Å². The number of para-hydroxylation sites is 1. The first kappa shape index (κ1) is 47.4. The van der Waals surface area contributed by atoms with Gasteiger partial charge in [0.15, 0.2) is 0 Å². The molecule has 0 saturated heterocycles. The Morgan fingerprint density at radius 1 is 0.762 bits per heavy atom. The third-order valence-corrected chi connectivity index (χ3v) is 13.5. The molecule has 6 rings (SSSR count). The molecule has 0 amide bonds. The van der Waals surface area contributed by atoms with E-state index in [1.807, 2.05) is 35.5 Å². The van der Waals surface area contributed by atoms with Gasteiger partial charge in [0.1, 0.15) is 17.2 Å². The molecule has 63 heavy (non-hydrogen) atoms. The molecular formula is C52H67N3O7S. The molecule has 338 valence electrons. The SMILES string of the molecule is C=CC(=O)OCCCCCCOc1ccc(OC(=O)C2CCC(C(=O)Oc3ccc(C4CCC(CCC)CC4)cc3/C=N/N(CCCCCC)c3nc4ccccc4s3)CC2)cc1. The number of hydrogen-bond acceptors (Lipinski definition) is 11. The van der Waals surface area contributed by atoms with Crippen LogP contribution in [0.5, 0.6) is 17.2 Å². The molecule has 0 N–H and O–H groups in total. The first-order valence-electron chi connectivity index (χ1n) is 23.6. The second-order valence-corrected chi connectivity index (χ2v) is 18.2. The Labute approximate surface area is 378 Å². The molecule has 4 aromatic rings. The molecule has 2 fully saturated rings. The second-order valence-electron chi connectivity index (χ2n) is 17.2. The van der Waals surface area contributed by atoms with Crippen LogP contribution in [0, 0.1) is 17.8 Å². The highest BCUT2D eigenvalue weighted by Gasteiger charge is 2.33. The number of carbonyl (C=O) groups excluding carboxylic acids is 3. The van der Waals surface area contributed by atoms with Crippen molar-refractivity contribution in [3.05, 3.63) is 90.5 Å². The molecular weight excluding hydrogens is 811 g/mol. The van der Waals surface area contributed by atoms with Gasteiger partial charge in [0, 0.05) is 18.2 Å². The number of hydrogen-bond donors (Lipinski definition) is 0. The highest BCUT2D eigenvalue weighted by atomic mass is 32.1. The summed E-state index contributed by atoms with van der Waals surface area (Å²) < 4.78 is 24.0. The average Bonchev–Trinajstić information content (AvgIpc) is 3.75. The van der Waals surface area contributed by atoms with Crippen molar-refractivity contribution in [1.82, 2.24) is 4.98 Å². The number of aromatic nitrogens is 1. The van der Waals surface area contributed by atoms with Crippen molar-refractivity contribution in [2.24, 2.45) is 22.9 Å². The maximum Gasteiger partial charge on any atom is 0.330 e. The zero-order valence-electron chi connectivity index (χ0n) is 37.5. The van der Waals surface area contributed by atoms with E-state index in [1.165, 1.54) is 56.6 Å². The molecule has 1 aromatic heterocycles. The third-order valence-electron chi connectivity index (χ3n) is 12.5. The normalized spacial score (nSPS) is 18.8. The lowest BCUT2D eigenvalue weighted by molar-refractivity contribution is -0.145. The molecule has 11 heteroatoms. The van der Waals surface area contributed by atoms with Crippen LogP contribution in [0.4, 0.5) is 5.13 Å². The second kappa shape index (κ2) is 25.3. The number of thiazole rings is 1. The van der Waals surface area contributed by atoms with Crippen LogP contribution in [0.1, 0.15) is 146 Å². The fraction of sp³-hybridized carbons (Fsp3) is 0.519. The van der Waals surface area contributed by atoms with Crippen LogP contribution in [0.15, 0.2) is 84.5 Å². The zero-order chi connectivity index (χ0) is 44.2. The van der Waals surface area contributed by atoms with E-state index in [0.29, 0.717) is 62.1 Å². The van der Waals surface area contributed by atoms with E-state index in [9.17, 15) is 14.4 Å². The topological polar surface area (TPSA) is 117 Å². The highest BCUT2D eigenvalue weighted by Crippen LogP contribution is 2.39. The number of ether oxygens (including phenoxy) is 4. The van der Waals surface area contributed by atoms with E-state index >= 15 is 0 Å². The van der Waals surface area contributed by atoms with E-state index in [1.54, 1.807) is 35.6 Å². The summed E-state index contributed by atoms with van der Waals surface area (Å²) in [4.78, 5) is 43.1. The Balaban J connectivity index is 1.04. The molecule has 3 aromatic carbocycles. The molecule has 0 bridgehead atoms. The van der Waals surface area contributed by atoms with Gasteiger partial charge >= 0.3 is 17.9 Å².